The zero-order valence-electron chi connectivity index (χ0n) is 27.3. The van der Waals surface area contributed by atoms with Crippen LogP contribution in [0.1, 0.15) is 35.5 Å². The molecule has 3 aromatic carbocycles. The molecule has 2 amide bonds. The summed E-state index contributed by atoms with van der Waals surface area (Å²) in [5.41, 5.74) is 5.47. The number of carbonyl (C=O) groups is 2. The van der Waals surface area contributed by atoms with Crippen molar-refractivity contribution in [2.75, 3.05) is 40.8 Å². The number of hydrogen-bond acceptors (Lipinski definition) is 5. The Morgan fingerprint density at radius 1 is 1.00 bits per heavy atom. The SMILES string of the molecule is C[C@@H]1CN([C@H](C)CO)C(=O)c2c(c3ccccc3n2C)-c2ccccc2CO[C@H]1CN(C)C(=O)[C@H](Cc1ccccc1)N(C)C. The minimum atomic E-state index is -0.411. The highest BCUT2D eigenvalue weighted by Gasteiger charge is 2.34. The number of para-hydroxylation sites is 1. The topological polar surface area (TPSA) is 78.2 Å². The number of nitrogens with zero attached hydrogens (tertiary/aromatic N) is 4. The van der Waals surface area contributed by atoms with E-state index in [9.17, 15) is 14.7 Å². The van der Waals surface area contributed by atoms with Gasteiger partial charge in [0.1, 0.15) is 5.69 Å². The van der Waals surface area contributed by atoms with Crippen LogP contribution in [0.5, 0.6) is 0 Å². The summed E-state index contributed by atoms with van der Waals surface area (Å²) in [7, 11) is 7.64. The zero-order chi connectivity index (χ0) is 32.2. The van der Waals surface area contributed by atoms with E-state index in [1.54, 1.807) is 9.80 Å². The Kier molecular flexibility index (Phi) is 10.1. The highest BCUT2D eigenvalue weighted by molar-refractivity contribution is 6.10. The number of benzene rings is 3. The van der Waals surface area contributed by atoms with Gasteiger partial charge >= 0.3 is 0 Å². The Hall–Kier alpha value is -3.98. The molecule has 5 rings (SSSR count). The van der Waals surface area contributed by atoms with E-state index < -0.39 is 6.04 Å². The Bertz CT molecular complexity index is 1630. The summed E-state index contributed by atoms with van der Waals surface area (Å²) in [5.74, 6) is -0.244. The molecule has 45 heavy (non-hydrogen) atoms. The van der Waals surface area contributed by atoms with Gasteiger partial charge in [-0.05, 0) is 50.2 Å². The van der Waals surface area contributed by atoms with Gasteiger partial charge in [-0.2, -0.15) is 0 Å². The normalized spacial score (nSPS) is 18.7. The summed E-state index contributed by atoms with van der Waals surface area (Å²) in [6, 6.07) is 25.5. The Balaban J connectivity index is 1.52. The van der Waals surface area contributed by atoms with Crippen molar-refractivity contribution >= 4 is 22.7 Å². The lowest BCUT2D eigenvalue weighted by atomic mass is 9.96. The molecule has 1 N–H and O–H groups in total. The van der Waals surface area contributed by atoms with Crippen molar-refractivity contribution in [1.82, 2.24) is 19.3 Å². The van der Waals surface area contributed by atoms with E-state index in [1.165, 1.54) is 0 Å². The summed E-state index contributed by atoms with van der Waals surface area (Å²) in [6.07, 6.45) is 0.249. The number of rotatable bonds is 8. The Labute approximate surface area is 266 Å². The van der Waals surface area contributed by atoms with Crippen molar-refractivity contribution in [3.8, 4) is 11.1 Å². The van der Waals surface area contributed by atoms with Gasteiger partial charge in [0, 0.05) is 49.6 Å². The van der Waals surface area contributed by atoms with E-state index in [-0.39, 0.29) is 36.5 Å². The second kappa shape index (κ2) is 14.0. The first-order chi connectivity index (χ1) is 21.6. The third-order valence-corrected chi connectivity index (χ3v) is 9.24. The Morgan fingerprint density at radius 2 is 1.67 bits per heavy atom. The number of aryl methyl sites for hydroxylation is 1. The molecule has 8 nitrogen and oxygen atoms in total. The fraction of sp³-hybridized carbons (Fsp3) is 0.405. The van der Waals surface area contributed by atoms with Gasteiger partial charge in [0.15, 0.2) is 0 Å². The predicted molar refractivity (Wildman–Crippen MR) is 179 cm³/mol. The molecule has 1 aliphatic rings. The predicted octanol–water partition coefficient (Wildman–Crippen LogP) is 4.83. The molecule has 8 heteroatoms. The van der Waals surface area contributed by atoms with E-state index in [2.05, 4.69) is 19.1 Å². The van der Waals surface area contributed by atoms with Crippen molar-refractivity contribution in [2.24, 2.45) is 13.0 Å². The van der Waals surface area contributed by atoms with Crippen LogP contribution in [0.4, 0.5) is 0 Å². The van der Waals surface area contributed by atoms with E-state index in [0.29, 0.717) is 31.8 Å². The average Bonchev–Trinajstić information content (AvgIpc) is 3.34. The summed E-state index contributed by atoms with van der Waals surface area (Å²) in [4.78, 5) is 34.0. The van der Waals surface area contributed by atoms with Crippen LogP contribution in [-0.2, 0) is 29.6 Å². The number of fused-ring (bicyclic) bond motifs is 5. The average molecular weight is 611 g/mol. The third kappa shape index (κ3) is 6.69. The largest absolute Gasteiger partial charge is 0.394 e. The maximum atomic E-state index is 14.6. The molecule has 0 unspecified atom stereocenters. The summed E-state index contributed by atoms with van der Waals surface area (Å²) in [5, 5.41) is 11.3. The molecule has 238 valence electrons. The van der Waals surface area contributed by atoms with E-state index in [1.807, 2.05) is 111 Å². The number of aliphatic hydroxyl groups excluding tert-OH is 1. The van der Waals surface area contributed by atoms with Crippen LogP contribution in [0, 0.1) is 5.92 Å². The van der Waals surface area contributed by atoms with Crippen LogP contribution in [-0.4, -0.2) is 95.2 Å². The molecule has 4 aromatic rings. The van der Waals surface area contributed by atoms with Gasteiger partial charge in [-0.15, -0.1) is 0 Å². The second-order valence-electron chi connectivity index (χ2n) is 12.7. The first kappa shape index (κ1) is 32.4. The first-order valence-electron chi connectivity index (χ1n) is 15.8. The molecule has 0 bridgehead atoms. The first-order valence-corrected chi connectivity index (χ1v) is 15.8. The standard InChI is InChI=1S/C37H46N4O4/c1-25-21-41(26(2)23-42)37(44)35-34(30-18-12-13-19-31(30)40(35)6)29-17-11-10-16-28(29)24-45-33(25)22-39(5)36(43)32(38(3)4)20-27-14-8-7-9-15-27/h7-19,25-26,32-33,42H,20-24H2,1-6H3/t25-,26-,32+,33+/m1/s1. The molecule has 0 saturated carbocycles. The maximum Gasteiger partial charge on any atom is 0.271 e. The molecular formula is C37H46N4O4. The molecule has 0 aliphatic carbocycles. The number of aliphatic hydroxyl groups is 1. The highest BCUT2D eigenvalue weighted by atomic mass is 16.5. The summed E-state index contributed by atoms with van der Waals surface area (Å²) < 4.78 is 8.68. The fourth-order valence-electron chi connectivity index (χ4n) is 6.47. The monoisotopic (exact) mass is 610 g/mol. The lowest BCUT2D eigenvalue weighted by Crippen LogP contribution is -2.50. The number of hydrogen-bond donors (Lipinski definition) is 1. The molecule has 2 heterocycles. The molecule has 4 atom stereocenters. The molecule has 1 aliphatic heterocycles. The van der Waals surface area contributed by atoms with E-state index in [4.69, 9.17) is 4.74 Å². The van der Waals surface area contributed by atoms with Gasteiger partial charge in [0.05, 0.1) is 31.4 Å². The maximum absolute atomic E-state index is 14.6. The third-order valence-electron chi connectivity index (χ3n) is 9.24. The molecule has 0 spiro atoms. The number of likely N-dealkylation sites (N-methyl/N-ethyl adjacent to an activating group) is 2. The Morgan fingerprint density at radius 3 is 2.38 bits per heavy atom. The van der Waals surface area contributed by atoms with Gasteiger partial charge in [-0.3, -0.25) is 14.5 Å². The molecule has 0 saturated heterocycles. The van der Waals surface area contributed by atoms with Crippen LogP contribution in [0.25, 0.3) is 22.0 Å². The van der Waals surface area contributed by atoms with Gasteiger partial charge in [-0.25, -0.2) is 0 Å². The summed E-state index contributed by atoms with van der Waals surface area (Å²) in [6.45, 7) is 4.84. The van der Waals surface area contributed by atoms with Crippen molar-refractivity contribution < 1.29 is 19.4 Å². The van der Waals surface area contributed by atoms with Crippen LogP contribution >= 0.6 is 0 Å². The molecule has 0 radical (unpaired) electrons. The second-order valence-corrected chi connectivity index (χ2v) is 12.7. The van der Waals surface area contributed by atoms with Crippen molar-refractivity contribution in [1.29, 1.82) is 0 Å². The number of ether oxygens (including phenoxy) is 1. The lowest BCUT2D eigenvalue weighted by molar-refractivity contribution is -0.137. The van der Waals surface area contributed by atoms with Crippen LogP contribution in [0.15, 0.2) is 78.9 Å². The summed E-state index contributed by atoms with van der Waals surface area (Å²) >= 11 is 0. The number of aromatic nitrogens is 1. The van der Waals surface area contributed by atoms with Crippen LogP contribution in [0.3, 0.4) is 0 Å². The van der Waals surface area contributed by atoms with E-state index in [0.717, 1.165) is 33.2 Å². The van der Waals surface area contributed by atoms with Gasteiger partial charge in [-0.1, -0.05) is 79.7 Å². The lowest BCUT2D eigenvalue weighted by Gasteiger charge is -2.36. The van der Waals surface area contributed by atoms with Gasteiger partial charge < -0.3 is 24.2 Å². The van der Waals surface area contributed by atoms with Crippen LogP contribution < -0.4 is 0 Å². The smallest absolute Gasteiger partial charge is 0.271 e. The molecular weight excluding hydrogens is 564 g/mol. The van der Waals surface area contributed by atoms with Gasteiger partial charge in [0.2, 0.25) is 5.91 Å². The van der Waals surface area contributed by atoms with Crippen molar-refractivity contribution in [3.05, 3.63) is 95.7 Å². The van der Waals surface area contributed by atoms with Gasteiger partial charge in [0.25, 0.3) is 5.91 Å². The van der Waals surface area contributed by atoms with Crippen molar-refractivity contribution in [2.45, 2.75) is 45.1 Å². The highest BCUT2D eigenvalue weighted by Crippen LogP contribution is 2.38. The zero-order valence-corrected chi connectivity index (χ0v) is 27.3. The van der Waals surface area contributed by atoms with Crippen LogP contribution in [0.2, 0.25) is 0 Å². The quantitative estimate of drug-likeness (QED) is 0.309. The minimum Gasteiger partial charge on any atom is -0.394 e. The molecule has 0 fully saturated rings. The van der Waals surface area contributed by atoms with E-state index >= 15 is 0 Å². The van der Waals surface area contributed by atoms with Crippen molar-refractivity contribution in [3.63, 3.8) is 0 Å². The fourth-order valence-corrected chi connectivity index (χ4v) is 6.47. The number of amides is 2. The number of carbonyl (C=O) groups excluding carboxylic acids is 2. The minimum absolute atomic E-state index is 0.0184. The molecule has 1 aromatic heterocycles.